The summed E-state index contributed by atoms with van der Waals surface area (Å²) in [5.74, 6) is -4.41. The molecule has 36 heavy (non-hydrogen) atoms. The van der Waals surface area contributed by atoms with Crippen molar-refractivity contribution in [2.24, 2.45) is 0 Å². The molecule has 3 aromatic heterocycles. The van der Waals surface area contributed by atoms with Crippen molar-refractivity contribution in [2.75, 3.05) is 37.6 Å². The summed E-state index contributed by atoms with van der Waals surface area (Å²) < 4.78 is 63.5. The molecule has 4 heterocycles. The molecular formula is C20H20F6N4O4S2. The normalized spacial score (nSPS) is 14.5. The van der Waals surface area contributed by atoms with E-state index in [0.717, 1.165) is 43.4 Å². The van der Waals surface area contributed by atoms with E-state index in [0.29, 0.717) is 0 Å². The molecule has 0 radical (unpaired) electrons. The van der Waals surface area contributed by atoms with Crippen LogP contribution in [0.25, 0.3) is 20.7 Å². The van der Waals surface area contributed by atoms with Gasteiger partial charge in [0.05, 0.1) is 5.39 Å². The predicted molar refractivity (Wildman–Crippen MR) is 122 cm³/mol. The number of aromatic nitrogens is 2. The van der Waals surface area contributed by atoms with Crippen molar-refractivity contribution in [3.63, 3.8) is 0 Å². The van der Waals surface area contributed by atoms with Gasteiger partial charge in [0.1, 0.15) is 17.0 Å². The number of carboxylic acid groups (broad SMARTS) is 2. The van der Waals surface area contributed by atoms with Gasteiger partial charge in [-0.1, -0.05) is 13.0 Å². The molecule has 198 valence electrons. The summed E-state index contributed by atoms with van der Waals surface area (Å²) in [5, 5.41) is 19.8. The quantitative estimate of drug-likeness (QED) is 0.441. The molecule has 8 nitrogen and oxygen atoms in total. The SMILES string of the molecule is CCN1CCN(c2ncnc3scc(-c4cccs4)c23)CC1.O=C(O)C(F)(F)F.O=C(O)C(F)(F)F. The molecule has 4 rings (SSSR count). The first-order valence-corrected chi connectivity index (χ1v) is 11.8. The number of rotatable bonds is 3. The van der Waals surface area contributed by atoms with Gasteiger partial charge in [-0.25, -0.2) is 19.6 Å². The highest BCUT2D eigenvalue weighted by Crippen LogP contribution is 2.39. The number of carboxylic acids is 2. The Balaban J connectivity index is 0.000000271. The molecule has 1 fully saturated rings. The summed E-state index contributed by atoms with van der Waals surface area (Å²) in [4.78, 5) is 34.2. The summed E-state index contributed by atoms with van der Waals surface area (Å²) in [5.41, 5.74) is 1.28. The van der Waals surface area contributed by atoms with Crippen molar-refractivity contribution < 1.29 is 46.1 Å². The second-order valence-corrected chi connectivity index (χ2v) is 8.84. The van der Waals surface area contributed by atoms with Gasteiger partial charge in [-0.3, -0.25) is 0 Å². The third kappa shape index (κ3) is 8.03. The summed E-state index contributed by atoms with van der Waals surface area (Å²) in [6, 6.07) is 4.28. The number of likely N-dealkylation sites (N-methyl/N-ethyl adjacent to an activating group) is 1. The van der Waals surface area contributed by atoms with Crippen molar-refractivity contribution >= 4 is 50.6 Å². The minimum atomic E-state index is -5.08. The summed E-state index contributed by atoms with van der Waals surface area (Å²) in [6.07, 6.45) is -8.46. The largest absolute Gasteiger partial charge is 0.490 e. The Morgan fingerprint density at radius 1 is 0.972 bits per heavy atom. The molecule has 0 saturated carbocycles. The van der Waals surface area contributed by atoms with E-state index in [1.165, 1.54) is 15.8 Å². The van der Waals surface area contributed by atoms with Gasteiger partial charge in [0.2, 0.25) is 0 Å². The number of fused-ring (bicyclic) bond motifs is 1. The number of hydrogen-bond acceptors (Lipinski definition) is 8. The zero-order valence-corrected chi connectivity index (χ0v) is 20.1. The third-order valence-corrected chi connectivity index (χ3v) is 6.53. The second-order valence-electron chi connectivity index (χ2n) is 7.03. The van der Waals surface area contributed by atoms with Crippen LogP contribution in [-0.4, -0.2) is 82.1 Å². The van der Waals surface area contributed by atoms with Crippen molar-refractivity contribution in [2.45, 2.75) is 19.3 Å². The van der Waals surface area contributed by atoms with E-state index in [1.807, 2.05) is 0 Å². The Bertz CT molecular complexity index is 1120. The highest BCUT2D eigenvalue weighted by molar-refractivity contribution is 7.18. The minimum Gasteiger partial charge on any atom is -0.475 e. The van der Waals surface area contributed by atoms with E-state index in [9.17, 15) is 26.3 Å². The van der Waals surface area contributed by atoms with Crippen LogP contribution in [0.2, 0.25) is 0 Å². The molecule has 0 unspecified atom stereocenters. The zero-order chi connectivity index (χ0) is 27.1. The maximum atomic E-state index is 10.6. The van der Waals surface area contributed by atoms with Crippen LogP contribution >= 0.6 is 22.7 Å². The number of hydrogen-bond donors (Lipinski definition) is 2. The molecule has 0 aromatic carbocycles. The molecule has 1 saturated heterocycles. The van der Waals surface area contributed by atoms with Crippen molar-refractivity contribution in [3.05, 3.63) is 29.2 Å². The fraction of sp³-hybridized carbons (Fsp3) is 0.400. The molecule has 0 atom stereocenters. The van der Waals surface area contributed by atoms with Gasteiger partial charge in [-0.2, -0.15) is 26.3 Å². The number of anilines is 1. The van der Waals surface area contributed by atoms with Gasteiger partial charge < -0.3 is 20.0 Å². The second kappa shape index (κ2) is 12.3. The van der Waals surface area contributed by atoms with Crippen LogP contribution in [-0.2, 0) is 9.59 Å². The Morgan fingerprint density at radius 3 is 1.97 bits per heavy atom. The first-order chi connectivity index (χ1) is 16.8. The van der Waals surface area contributed by atoms with Gasteiger partial charge in [0, 0.05) is 42.0 Å². The first-order valence-electron chi connectivity index (χ1n) is 10.1. The summed E-state index contributed by atoms with van der Waals surface area (Å²) in [6.45, 7) is 7.67. The fourth-order valence-corrected chi connectivity index (χ4v) is 4.71. The molecule has 0 aliphatic carbocycles. The highest BCUT2D eigenvalue weighted by Gasteiger charge is 2.38. The lowest BCUT2D eigenvalue weighted by Crippen LogP contribution is -2.46. The number of carbonyl (C=O) groups is 2. The van der Waals surface area contributed by atoms with Gasteiger partial charge in [-0.05, 0) is 18.0 Å². The minimum absolute atomic E-state index is 1.04. The van der Waals surface area contributed by atoms with Crippen LogP contribution in [0, 0.1) is 0 Å². The lowest BCUT2D eigenvalue weighted by molar-refractivity contribution is -0.193. The molecule has 0 spiro atoms. The summed E-state index contributed by atoms with van der Waals surface area (Å²) in [7, 11) is 0. The smallest absolute Gasteiger partial charge is 0.475 e. The monoisotopic (exact) mass is 558 g/mol. The number of alkyl halides is 6. The van der Waals surface area contributed by atoms with E-state index >= 15 is 0 Å². The predicted octanol–water partition coefficient (Wildman–Crippen LogP) is 4.83. The maximum Gasteiger partial charge on any atom is 0.490 e. The van der Waals surface area contributed by atoms with Crippen LogP contribution in [0.15, 0.2) is 29.2 Å². The number of halogens is 6. The number of aliphatic carboxylic acids is 2. The topological polar surface area (TPSA) is 107 Å². The van der Waals surface area contributed by atoms with Gasteiger partial charge in [-0.15, -0.1) is 22.7 Å². The van der Waals surface area contributed by atoms with Crippen molar-refractivity contribution in [1.82, 2.24) is 14.9 Å². The highest BCUT2D eigenvalue weighted by atomic mass is 32.1. The maximum absolute atomic E-state index is 10.6. The van der Waals surface area contributed by atoms with Gasteiger partial charge >= 0.3 is 24.3 Å². The lowest BCUT2D eigenvalue weighted by atomic mass is 10.2. The van der Waals surface area contributed by atoms with Gasteiger partial charge in [0.15, 0.2) is 0 Å². The van der Waals surface area contributed by atoms with E-state index in [4.69, 9.17) is 19.8 Å². The van der Waals surface area contributed by atoms with Crippen LogP contribution in [0.4, 0.5) is 32.2 Å². The molecule has 1 aliphatic rings. The molecule has 16 heteroatoms. The van der Waals surface area contributed by atoms with Crippen LogP contribution < -0.4 is 4.90 Å². The van der Waals surface area contributed by atoms with Crippen molar-refractivity contribution in [1.29, 1.82) is 0 Å². The molecule has 0 amide bonds. The Hall–Kier alpha value is -2.98. The lowest BCUT2D eigenvalue weighted by Gasteiger charge is -2.35. The Kier molecular flexibility index (Phi) is 10.0. The number of thiophene rings is 2. The molecular weight excluding hydrogens is 538 g/mol. The summed E-state index contributed by atoms with van der Waals surface area (Å²) >= 11 is 3.49. The molecule has 1 aliphatic heterocycles. The first kappa shape index (κ1) is 29.3. The third-order valence-electron chi connectivity index (χ3n) is 4.74. The molecule has 0 bridgehead atoms. The standard InChI is InChI=1S/C16H18N4S2.2C2HF3O2/c1-2-19-5-7-20(8-6-19)15-14-12(13-4-3-9-21-13)10-22-16(14)18-11-17-15;2*3-2(4,5)1(6)7/h3-4,9-11H,2,5-8H2,1H3;2*(H,6,7). The number of nitrogens with zero attached hydrogens (tertiary/aromatic N) is 4. The van der Waals surface area contributed by atoms with Crippen molar-refractivity contribution in [3.8, 4) is 10.4 Å². The van der Waals surface area contributed by atoms with Gasteiger partial charge in [0.25, 0.3) is 0 Å². The number of piperazine rings is 1. The van der Waals surface area contributed by atoms with Crippen LogP contribution in [0.1, 0.15) is 6.92 Å². The fourth-order valence-electron chi connectivity index (χ4n) is 2.99. The van der Waals surface area contributed by atoms with E-state index < -0.39 is 24.3 Å². The van der Waals surface area contributed by atoms with Crippen LogP contribution in [0.5, 0.6) is 0 Å². The van der Waals surface area contributed by atoms with E-state index in [2.05, 4.69) is 49.6 Å². The van der Waals surface area contributed by atoms with E-state index in [1.54, 1.807) is 29.0 Å². The molecule has 3 aromatic rings. The van der Waals surface area contributed by atoms with E-state index in [-0.39, 0.29) is 0 Å². The average Bonchev–Trinajstić information content (AvgIpc) is 3.48. The Morgan fingerprint density at radius 2 is 1.53 bits per heavy atom. The van der Waals surface area contributed by atoms with Crippen LogP contribution in [0.3, 0.4) is 0 Å². The zero-order valence-electron chi connectivity index (χ0n) is 18.5. The Labute approximate surface area is 208 Å². The molecule has 2 N–H and O–H groups in total. The average molecular weight is 559 g/mol.